The number of thiocarbonyl (C=S) groups is 1. The summed E-state index contributed by atoms with van der Waals surface area (Å²) in [5.74, 6) is 0.0458. The summed E-state index contributed by atoms with van der Waals surface area (Å²) in [5, 5.41) is 2.66. The van der Waals surface area contributed by atoms with Gasteiger partial charge in [-0.2, -0.15) is 0 Å². The van der Waals surface area contributed by atoms with Crippen LogP contribution in [0, 0.1) is 11.7 Å². The van der Waals surface area contributed by atoms with Gasteiger partial charge in [-0.3, -0.25) is 9.59 Å². The van der Waals surface area contributed by atoms with Gasteiger partial charge in [-0.15, -0.1) is 0 Å². The second-order valence-corrected chi connectivity index (χ2v) is 9.35. The minimum absolute atomic E-state index is 0.0368. The number of anilines is 1. The third kappa shape index (κ3) is 4.49. The number of hydrogen-bond acceptors (Lipinski definition) is 4. The second-order valence-electron chi connectivity index (χ2n) is 7.33. The first-order chi connectivity index (χ1) is 13.9. The number of pyridine rings is 1. The van der Waals surface area contributed by atoms with E-state index in [1.54, 1.807) is 6.07 Å². The number of hydrogen-bond donors (Lipinski definition) is 1. The van der Waals surface area contributed by atoms with Gasteiger partial charge >= 0.3 is 0 Å². The molecule has 1 N–H and O–H groups in total. The molecule has 2 aliphatic rings. The van der Waals surface area contributed by atoms with Crippen LogP contribution in [0.15, 0.2) is 41.2 Å². The SMILES string of the molecule is O=C(CSC(=S)N1C[C@@H]2C[C@@H](C1)c1cccc(=O)n1C2)Nc1ccc(F)c(Cl)c1. The van der Waals surface area contributed by atoms with Crippen LogP contribution in [0.3, 0.4) is 0 Å². The first-order valence-corrected chi connectivity index (χ1v) is 11.0. The number of rotatable bonds is 3. The standard InChI is InChI=1S/C20H19ClFN3O2S2/c21-15-7-14(4-5-16(15)22)23-18(26)11-29-20(28)24-8-12-6-13(10-24)17-2-1-3-19(27)25(17)9-12/h1-5,7,12-13H,6,8-11H2,(H,23,26)/t12-,13-/m0/s1. The molecule has 29 heavy (non-hydrogen) atoms. The zero-order valence-corrected chi connectivity index (χ0v) is 17.8. The fourth-order valence-electron chi connectivity index (χ4n) is 4.04. The van der Waals surface area contributed by atoms with Crippen molar-refractivity contribution in [3.63, 3.8) is 0 Å². The van der Waals surface area contributed by atoms with Crippen LogP contribution in [0.5, 0.6) is 0 Å². The molecule has 1 saturated heterocycles. The highest BCUT2D eigenvalue weighted by molar-refractivity contribution is 8.23. The van der Waals surface area contributed by atoms with Crippen molar-refractivity contribution in [1.29, 1.82) is 0 Å². The van der Waals surface area contributed by atoms with Crippen LogP contribution >= 0.6 is 35.6 Å². The maximum absolute atomic E-state index is 13.2. The Kier molecular flexibility index (Phi) is 5.94. The molecule has 2 atom stereocenters. The van der Waals surface area contributed by atoms with Crippen LogP contribution in [0.25, 0.3) is 0 Å². The molecule has 0 radical (unpaired) electrons. The molecule has 4 rings (SSSR count). The van der Waals surface area contributed by atoms with E-state index in [1.807, 2.05) is 16.7 Å². The fourth-order valence-corrected chi connectivity index (χ4v) is 5.20. The molecular formula is C20H19ClFN3O2S2. The largest absolute Gasteiger partial charge is 0.356 e. The summed E-state index contributed by atoms with van der Waals surface area (Å²) in [7, 11) is 0. The summed E-state index contributed by atoms with van der Waals surface area (Å²) in [4.78, 5) is 26.5. The zero-order chi connectivity index (χ0) is 20.5. The molecule has 2 aliphatic heterocycles. The number of benzene rings is 1. The zero-order valence-electron chi connectivity index (χ0n) is 15.4. The molecule has 1 amide bonds. The Morgan fingerprint density at radius 1 is 1.28 bits per heavy atom. The number of halogens is 2. The van der Waals surface area contributed by atoms with Gasteiger partial charge in [0.2, 0.25) is 5.91 Å². The van der Waals surface area contributed by atoms with Crippen LogP contribution < -0.4 is 10.9 Å². The Hall–Kier alpha value is -1.90. The number of fused-ring (bicyclic) bond motifs is 4. The fraction of sp³-hybridized carbons (Fsp3) is 0.350. The highest BCUT2D eigenvalue weighted by Crippen LogP contribution is 2.36. The van der Waals surface area contributed by atoms with Crippen molar-refractivity contribution in [1.82, 2.24) is 9.47 Å². The predicted octanol–water partition coefficient (Wildman–Crippen LogP) is 3.72. The number of carbonyl (C=O) groups excluding carboxylic acids is 1. The quantitative estimate of drug-likeness (QED) is 0.721. The van der Waals surface area contributed by atoms with E-state index in [9.17, 15) is 14.0 Å². The van der Waals surface area contributed by atoms with E-state index in [1.165, 1.54) is 30.0 Å². The Morgan fingerprint density at radius 3 is 2.90 bits per heavy atom. The highest BCUT2D eigenvalue weighted by Gasteiger charge is 2.35. The average molecular weight is 452 g/mol. The molecule has 152 valence electrons. The molecular weight excluding hydrogens is 433 g/mol. The van der Waals surface area contributed by atoms with Gasteiger partial charge in [-0.05, 0) is 36.6 Å². The molecule has 9 heteroatoms. The monoisotopic (exact) mass is 451 g/mol. The molecule has 1 aromatic carbocycles. The van der Waals surface area contributed by atoms with E-state index in [4.69, 9.17) is 23.8 Å². The lowest BCUT2D eigenvalue weighted by molar-refractivity contribution is -0.113. The number of thioether (sulfide) groups is 1. The van der Waals surface area contributed by atoms with Gasteiger partial charge in [0.05, 0.1) is 10.8 Å². The van der Waals surface area contributed by atoms with Gasteiger partial charge < -0.3 is 14.8 Å². The van der Waals surface area contributed by atoms with Crippen molar-refractivity contribution in [2.75, 3.05) is 24.2 Å². The third-order valence-corrected chi connectivity index (χ3v) is 7.08. The van der Waals surface area contributed by atoms with Crippen LogP contribution in [0.2, 0.25) is 5.02 Å². The van der Waals surface area contributed by atoms with Crippen molar-refractivity contribution in [2.24, 2.45) is 5.92 Å². The summed E-state index contributed by atoms with van der Waals surface area (Å²) in [6.07, 6.45) is 1.05. The first kappa shape index (κ1) is 20.4. The van der Waals surface area contributed by atoms with Crippen LogP contribution in [-0.2, 0) is 11.3 Å². The molecule has 1 aromatic heterocycles. The van der Waals surface area contributed by atoms with Crippen LogP contribution in [0.1, 0.15) is 18.0 Å². The number of carbonyl (C=O) groups is 1. The smallest absolute Gasteiger partial charge is 0.250 e. The normalized spacial score (nSPS) is 20.1. The molecule has 0 unspecified atom stereocenters. The van der Waals surface area contributed by atoms with Crippen molar-refractivity contribution < 1.29 is 9.18 Å². The van der Waals surface area contributed by atoms with E-state index in [2.05, 4.69) is 10.2 Å². The van der Waals surface area contributed by atoms with Crippen LogP contribution in [-0.4, -0.2) is 38.5 Å². The van der Waals surface area contributed by atoms with E-state index >= 15 is 0 Å². The van der Waals surface area contributed by atoms with Crippen molar-refractivity contribution in [3.05, 3.63) is 63.3 Å². The Balaban J connectivity index is 1.34. The van der Waals surface area contributed by atoms with Gasteiger partial charge in [0.25, 0.3) is 5.56 Å². The topological polar surface area (TPSA) is 54.3 Å². The number of aromatic nitrogens is 1. The van der Waals surface area contributed by atoms with Gasteiger partial charge in [0.1, 0.15) is 10.1 Å². The lowest BCUT2D eigenvalue weighted by atomic mass is 9.83. The van der Waals surface area contributed by atoms with Crippen LogP contribution in [0.4, 0.5) is 10.1 Å². The number of nitrogens with one attached hydrogen (secondary N) is 1. The second kappa shape index (κ2) is 8.45. The molecule has 2 bridgehead atoms. The summed E-state index contributed by atoms with van der Waals surface area (Å²) in [5.41, 5.74) is 1.57. The predicted molar refractivity (Wildman–Crippen MR) is 118 cm³/mol. The highest BCUT2D eigenvalue weighted by atomic mass is 35.5. The summed E-state index contributed by atoms with van der Waals surface area (Å²) in [6.45, 7) is 2.25. The van der Waals surface area contributed by atoms with Gasteiger partial charge in [-0.1, -0.05) is 41.6 Å². The van der Waals surface area contributed by atoms with Crippen molar-refractivity contribution >= 4 is 51.5 Å². The maximum Gasteiger partial charge on any atom is 0.250 e. The van der Waals surface area contributed by atoms with E-state index in [-0.39, 0.29) is 28.2 Å². The molecule has 3 heterocycles. The maximum atomic E-state index is 13.2. The van der Waals surface area contributed by atoms with Gasteiger partial charge in [0.15, 0.2) is 0 Å². The molecule has 1 fully saturated rings. The summed E-state index contributed by atoms with van der Waals surface area (Å²) >= 11 is 12.6. The number of amides is 1. The molecule has 0 saturated carbocycles. The Labute approximate surface area is 182 Å². The number of piperidine rings is 1. The van der Waals surface area contributed by atoms with Gasteiger partial charge in [0, 0.05) is 43.0 Å². The average Bonchev–Trinajstić information content (AvgIpc) is 2.69. The van der Waals surface area contributed by atoms with E-state index in [0.717, 1.165) is 25.2 Å². The molecule has 0 spiro atoms. The number of nitrogens with zero attached hydrogens (tertiary/aromatic N) is 2. The van der Waals surface area contributed by atoms with Crippen molar-refractivity contribution in [2.45, 2.75) is 18.9 Å². The number of likely N-dealkylation sites (tertiary alicyclic amines) is 1. The van der Waals surface area contributed by atoms with Gasteiger partial charge in [-0.25, -0.2) is 4.39 Å². The molecule has 2 aromatic rings. The first-order valence-electron chi connectivity index (χ1n) is 9.27. The lowest BCUT2D eigenvalue weighted by Gasteiger charge is -2.43. The van der Waals surface area contributed by atoms with E-state index < -0.39 is 5.82 Å². The Morgan fingerprint density at radius 2 is 2.10 bits per heavy atom. The van der Waals surface area contributed by atoms with E-state index in [0.29, 0.717) is 22.5 Å². The minimum atomic E-state index is -0.528. The van der Waals surface area contributed by atoms with Crippen molar-refractivity contribution in [3.8, 4) is 0 Å². The molecule has 5 nitrogen and oxygen atoms in total. The minimum Gasteiger partial charge on any atom is -0.356 e. The lowest BCUT2D eigenvalue weighted by Crippen LogP contribution is -2.48. The summed E-state index contributed by atoms with van der Waals surface area (Å²) in [6, 6.07) is 9.49. The summed E-state index contributed by atoms with van der Waals surface area (Å²) < 4.78 is 15.8. The molecule has 0 aliphatic carbocycles. The third-order valence-electron chi connectivity index (χ3n) is 5.27. The Bertz CT molecular complexity index is 1030.